The van der Waals surface area contributed by atoms with E-state index < -0.39 is 0 Å². The fourth-order valence-corrected chi connectivity index (χ4v) is 4.63. The van der Waals surface area contributed by atoms with Crippen LogP contribution in [-0.2, 0) is 0 Å². The lowest BCUT2D eigenvalue weighted by molar-refractivity contribution is -0.384. The van der Waals surface area contributed by atoms with Gasteiger partial charge in [-0.1, -0.05) is 18.2 Å². The van der Waals surface area contributed by atoms with Gasteiger partial charge in [-0.3, -0.25) is 14.9 Å². The molecule has 2 aromatic carbocycles. The van der Waals surface area contributed by atoms with Crippen molar-refractivity contribution in [3.05, 3.63) is 69.6 Å². The molecule has 1 atom stereocenters. The molecule has 1 saturated heterocycles. The molecule has 0 aliphatic carbocycles. The summed E-state index contributed by atoms with van der Waals surface area (Å²) in [6.45, 7) is 2.40. The topological polar surface area (TPSA) is 75.5 Å². The lowest BCUT2D eigenvalue weighted by Gasteiger charge is -2.19. The van der Waals surface area contributed by atoms with Crippen LogP contribution in [0.2, 0.25) is 0 Å². The quantitative estimate of drug-likeness (QED) is 0.368. The van der Waals surface area contributed by atoms with Gasteiger partial charge in [-0.15, -0.1) is 11.3 Å². The standard InChI is InChI=1S/C21H21N3O3S/c25-20(19-14-28-21-4-2-1-3-18(19)21)9-11-22-15-10-12-23(13-15)16-5-7-17(8-6-16)24(26)27/h1-8,14-15,22H,9-13H2/t15-/m0/s1. The summed E-state index contributed by atoms with van der Waals surface area (Å²) >= 11 is 1.61. The van der Waals surface area contributed by atoms with Crippen LogP contribution in [0.3, 0.4) is 0 Å². The molecule has 0 bridgehead atoms. The Bertz CT molecular complexity index is 1000. The zero-order chi connectivity index (χ0) is 19.5. The van der Waals surface area contributed by atoms with E-state index in [0.717, 1.165) is 40.8 Å². The summed E-state index contributed by atoms with van der Waals surface area (Å²) in [5.41, 5.74) is 1.93. The summed E-state index contributed by atoms with van der Waals surface area (Å²) in [7, 11) is 0. The first-order valence-electron chi connectivity index (χ1n) is 9.34. The van der Waals surface area contributed by atoms with Crippen molar-refractivity contribution in [3.8, 4) is 0 Å². The molecule has 0 spiro atoms. The van der Waals surface area contributed by atoms with Gasteiger partial charge in [0.25, 0.3) is 5.69 Å². The summed E-state index contributed by atoms with van der Waals surface area (Å²) in [6.07, 6.45) is 1.47. The number of nitro groups is 1. The van der Waals surface area contributed by atoms with Crippen LogP contribution in [0, 0.1) is 10.1 Å². The smallest absolute Gasteiger partial charge is 0.269 e. The van der Waals surface area contributed by atoms with E-state index in [9.17, 15) is 14.9 Å². The highest BCUT2D eigenvalue weighted by Gasteiger charge is 2.23. The number of anilines is 1. The third-order valence-corrected chi connectivity index (χ3v) is 6.14. The number of carbonyl (C=O) groups excluding carboxylic acids is 1. The van der Waals surface area contributed by atoms with Crippen LogP contribution in [0.1, 0.15) is 23.2 Å². The third-order valence-electron chi connectivity index (χ3n) is 5.18. The molecule has 3 aromatic rings. The second-order valence-electron chi connectivity index (χ2n) is 6.98. The molecule has 0 unspecified atom stereocenters. The lowest BCUT2D eigenvalue weighted by atomic mass is 10.1. The van der Waals surface area contributed by atoms with E-state index in [1.807, 2.05) is 29.6 Å². The Morgan fingerprint density at radius 3 is 2.79 bits per heavy atom. The van der Waals surface area contributed by atoms with E-state index in [0.29, 0.717) is 19.0 Å². The Morgan fingerprint density at radius 1 is 1.21 bits per heavy atom. The van der Waals surface area contributed by atoms with Crippen molar-refractivity contribution in [1.29, 1.82) is 0 Å². The van der Waals surface area contributed by atoms with Gasteiger partial charge in [-0.25, -0.2) is 0 Å². The Labute approximate surface area is 166 Å². The van der Waals surface area contributed by atoms with E-state index in [-0.39, 0.29) is 16.4 Å². The Balaban J connectivity index is 1.28. The molecule has 1 aliphatic rings. The molecule has 1 N–H and O–H groups in total. The number of ketones is 1. The summed E-state index contributed by atoms with van der Waals surface area (Å²) in [5.74, 6) is 0.176. The van der Waals surface area contributed by atoms with Crippen LogP contribution in [0.4, 0.5) is 11.4 Å². The highest BCUT2D eigenvalue weighted by atomic mass is 32.1. The first-order chi connectivity index (χ1) is 13.6. The molecule has 6 nitrogen and oxygen atoms in total. The van der Waals surface area contributed by atoms with Crippen molar-refractivity contribution in [2.24, 2.45) is 0 Å². The number of thiophene rings is 1. The number of hydrogen-bond donors (Lipinski definition) is 1. The lowest BCUT2D eigenvalue weighted by Crippen LogP contribution is -2.33. The van der Waals surface area contributed by atoms with E-state index in [4.69, 9.17) is 0 Å². The second kappa shape index (κ2) is 8.08. The summed E-state index contributed by atoms with van der Waals surface area (Å²) in [4.78, 5) is 25.2. The van der Waals surface area contributed by atoms with Crippen LogP contribution in [-0.4, -0.2) is 36.4 Å². The van der Waals surface area contributed by atoms with Crippen molar-refractivity contribution in [2.75, 3.05) is 24.5 Å². The number of hydrogen-bond acceptors (Lipinski definition) is 6. The van der Waals surface area contributed by atoms with E-state index >= 15 is 0 Å². The van der Waals surface area contributed by atoms with Gasteiger partial charge >= 0.3 is 0 Å². The molecule has 28 heavy (non-hydrogen) atoms. The number of fused-ring (bicyclic) bond motifs is 1. The largest absolute Gasteiger partial charge is 0.370 e. The van der Waals surface area contributed by atoms with Gasteiger partial charge in [0.1, 0.15) is 0 Å². The monoisotopic (exact) mass is 395 g/mol. The Hall–Kier alpha value is -2.77. The zero-order valence-electron chi connectivity index (χ0n) is 15.3. The van der Waals surface area contributed by atoms with E-state index in [1.54, 1.807) is 35.6 Å². The van der Waals surface area contributed by atoms with Crippen molar-refractivity contribution in [3.63, 3.8) is 0 Å². The minimum absolute atomic E-state index is 0.108. The van der Waals surface area contributed by atoms with Gasteiger partial charge in [0.05, 0.1) is 4.92 Å². The Kier molecular flexibility index (Phi) is 5.36. The fraction of sp³-hybridized carbons (Fsp3) is 0.286. The van der Waals surface area contributed by atoms with Crippen molar-refractivity contribution < 1.29 is 9.72 Å². The molecule has 4 rings (SSSR count). The SMILES string of the molecule is O=C(CCN[C@H]1CCN(c2ccc([N+](=O)[O-])cc2)C1)c1csc2ccccc12. The van der Waals surface area contributed by atoms with Crippen molar-refractivity contribution in [1.82, 2.24) is 5.32 Å². The Morgan fingerprint density at radius 2 is 2.00 bits per heavy atom. The molecule has 144 valence electrons. The minimum atomic E-state index is -0.383. The molecular formula is C21H21N3O3S. The van der Waals surface area contributed by atoms with Crippen LogP contribution >= 0.6 is 11.3 Å². The molecule has 1 aliphatic heterocycles. The van der Waals surface area contributed by atoms with Crippen LogP contribution in [0.5, 0.6) is 0 Å². The molecular weight excluding hydrogens is 374 g/mol. The number of nitrogens with zero attached hydrogens (tertiary/aromatic N) is 2. The number of rotatable bonds is 7. The number of carbonyl (C=O) groups is 1. The highest BCUT2D eigenvalue weighted by Crippen LogP contribution is 2.27. The van der Waals surface area contributed by atoms with E-state index in [1.165, 1.54) is 0 Å². The molecule has 2 heterocycles. The van der Waals surface area contributed by atoms with Gasteiger partial charge in [0, 0.05) is 70.9 Å². The van der Waals surface area contributed by atoms with E-state index in [2.05, 4.69) is 10.2 Å². The van der Waals surface area contributed by atoms with Gasteiger partial charge in [-0.05, 0) is 24.6 Å². The maximum atomic E-state index is 12.6. The van der Waals surface area contributed by atoms with Crippen LogP contribution in [0.25, 0.3) is 10.1 Å². The first kappa shape index (κ1) is 18.6. The maximum absolute atomic E-state index is 12.6. The number of nitrogens with one attached hydrogen (secondary N) is 1. The molecule has 1 fully saturated rings. The predicted molar refractivity (Wildman–Crippen MR) is 112 cm³/mol. The van der Waals surface area contributed by atoms with Gasteiger partial charge < -0.3 is 10.2 Å². The minimum Gasteiger partial charge on any atom is -0.370 e. The summed E-state index contributed by atoms with van der Waals surface area (Å²) < 4.78 is 1.15. The van der Waals surface area contributed by atoms with Crippen LogP contribution < -0.4 is 10.2 Å². The number of Topliss-reactive ketones (excluding diaryl/α,β-unsaturated/α-hetero) is 1. The summed E-state index contributed by atoms with van der Waals surface area (Å²) in [5, 5.41) is 17.3. The van der Waals surface area contributed by atoms with Gasteiger partial charge in [0.2, 0.25) is 0 Å². The molecule has 0 amide bonds. The van der Waals surface area contributed by atoms with Gasteiger partial charge in [-0.2, -0.15) is 0 Å². The highest BCUT2D eigenvalue weighted by molar-refractivity contribution is 7.17. The predicted octanol–water partition coefficient (Wildman–Crippen LogP) is 4.25. The fourth-order valence-electron chi connectivity index (χ4n) is 3.66. The first-order valence-corrected chi connectivity index (χ1v) is 10.2. The second-order valence-corrected chi connectivity index (χ2v) is 7.89. The molecule has 7 heteroatoms. The van der Waals surface area contributed by atoms with Gasteiger partial charge in [0.15, 0.2) is 5.78 Å². The summed E-state index contributed by atoms with van der Waals surface area (Å²) in [6, 6.07) is 15.0. The van der Waals surface area contributed by atoms with Crippen molar-refractivity contribution in [2.45, 2.75) is 18.9 Å². The number of nitro benzene ring substituents is 1. The third kappa shape index (κ3) is 3.90. The van der Waals surface area contributed by atoms with Crippen LogP contribution in [0.15, 0.2) is 53.9 Å². The zero-order valence-corrected chi connectivity index (χ0v) is 16.2. The normalized spacial score (nSPS) is 16.6. The molecule has 0 saturated carbocycles. The molecule has 1 aromatic heterocycles. The molecule has 0 radical (unpaired) electrons. The average molecular weight is 395 g/mol. The maximum Gasteiger partial charge on any atom is 0.269 e. The average Bonchev–Trinajstić information content (AvgIpc) is 3.35. The number of benzene rings is 2. The number of non-ortho nitro benzene ring substituents is 1. The van der Waals surface area contributed by atoms with Crippen molar-refractivity contribution >= 4 is 38.6 Å².